The predicted molar refractivity (Wildman–Crippen MR) is 66.3 cm³/mol. The summed E-state index contributed by atoms with van der Waals surface area (Å²) in [6, 6.07) is 2.07. The third kappa shape index (κ3) is 1.75. The first-order chi connectivity index (χ1) is 8.25. The molecular weight excluding hydrogens is 214 g/mol. The number of hydrogen-bond donors (Lipinski definition) is 0. The molecule has 0 atom stereocenters. The van der Waals surface area contributed by atoms with E-state index in [1.54, 1.807) is 0 Å². The second-order valence-electron chi connectivity index (χ2n) is 4.72. The zero-order valence-corrected chi connectivity index (χ0v) is 10.3. The van der Waals surface area contributed by atoms with E-state index in [0.717, 1.165) is 30.4 Å². The van der Waals surface area contributed by atoms with Crippen molar-refractivity contribution < 1.29 is 0 Å². The van der Waals surface area contributed by atoms with Gasteiger partial charge in [0.25, 0.3) is 0 Å². The molecule has 5 nitrogen and oxygen atoms in total. The molecule has 5 heteroatoms. The Morgan fingerprint density at radius 1 is 1.06 bits per heavy atom. The Kier molecular flexibility index (Phi) is 2.46. The normalized spacial score (nSPS) is 16.7. The molecule has 0 saturated carbocycles. The largest absolute Gasteiger partial charge is 0.355 e. The van der Waals surface area contributed by atoms with Crippen molar-refractivity contribution >= 4 is 11.5 Å². The molecule has 3 rings (SSSR count). The highest BCUT2D eigenvalue weighted by molar-refractivity contribution is 5.52. The molecule has 0 N–H and O–H groups in total. The van der Waals surface area contributed by atoms with Gasteiger partial charge in [-0.15, -0.1) is 15.3 Å². The van der Waals surface area contributed by atoms with Crippen LogP contribution in [0.2, 0.25) is 0 Å². The highest BCUT2D eigenvalue weighted by Crippen LogP contribution is 2.22. The van der Waals surface area contributed by atoms with E-state index in [4.69, 9.17) is 0 Å². The maximum atomic E-state index is 4.68. The summed E-state index contributed by atoms with van der Waals surface area (Å²) in [6.07, 6.45) is 3.87. The lowest BCUT2D eigenvalue weighted by molar-refractivity contribution is 0.568. The van der Waals surface area contributed by atoms with Crippen LogP contribution in [0.15, 0.2) is 6.07 Å². The van der Waals surface area contributed by atoms with Gasteiger partial charge in [-0.05, 0) is 44.7 Å². The van der Waals surface area contributed by atoms with E-state index in [-0.39, 0.29) is 0 Å². The molecular formula is C12H17N5. The zero-order chi connectivity index (χ0) is 11.8. The molecule has 90 valence electrons. The average molecular weight is 231 g/mol. The summed E-state index contributed by atoms with van der Waals surface area (Å²) in [5.41, 5.74) is 2.02. The Bertz CT molecular complexity index is 539. The number of aromatic nitrogens is 4. The lowest BCUT2D eigenvalue weighted by Gasteiger charge is -2.28. The lowest BCUT2D eigenvalue weighted by atomic mass is 10.1. The summed E-state index contributed by atoms with van der Waals surface area (Å²) in [6.45, 7) is 6.25. The Labute approximate surface area is 100 Å². The van der Waals surface area contributed by atoms with Gasteiger partial charge in [0.15, 0.2) is 17.3 Å². The van der Waals surface area contributed by atoms with E-state index >= 15 is 0 Å². The predicted octanol–water partition coefficient (Wildman–Crippen LogP) is 1.73. The van der Waals surface area contributed by atoms with E-state index in [2.05, 4.69) is 33.2 Å². The summed E-state index contributed by atoms with van der Waals surface area (Å²) < 4.78 is 1.83. The molecule has 2 aromatic heterocycles. The van der Waals surface area contributed by atoms with Crippen molar-refractivity contribution in [3.63, 3.8) is 0 Å². The molecule has 0 unspecified atom stereocenters. The van der Waals surface area contributed by atoms with Crippen molar-refractivity contribution in [3.05, 3.63) is 17.5 Å². The number of hydrogen-bond acceptors (Lipinski definition) is 4. The topological polar surface area (TPSA) is 46.3 Å². The van der Waals surface area contributed by atoms with E-state index < -0.39 is 0 Å². The quantitative estimate of drug-likeness (QED) is 0.750. The van der Waals surface area contributed by atoms with Gasteiger partial charge in [-0.25, -0.2) is 0 Å². The number of rotatable bonds is 1. The smallest absolute Gasteiger partial charge is 0.178 e. The molecule has 0 amide bonds. The monoisotopic (exact) mass is 231 g/mol. The van der Waals surface area contributed by atoms with Crippen molar-refractivity contribution in [1.29, 1.82) is 0 Å². The van der Waals surface area contributed by atoms with Crippen LogP contribution in [-0.2, 0) is 0 Å². The molecule has 1 fully saturated rings. The Morgan fingerprint density at radius 2 is 1.82 bits per heavy atom. The first kappa shape index (κ1) is 10.5. The van der Waals surface area contributed by atoms with E-state index in [1.807, 2.05) is 11.4 Å². The van der Waals surface area contributed by atoms with E-state index in [0.29, 0.717) is 0 Å². The summed E-state index contributed by atoms with van der Waals surface area (Å²) in [5, 5.41) is 12.8. The van der Waals surface area contributed by atoms with Gasteiger partial charge >= 0.3 is 0 Å². The van der Waals surface area contributed by atoms with Gasteiger partial charge in [-0.3, -0.25) is 0 Å². The average Bonchev–Trinajstić information content (AvgIpc) is 2.70. The minimum atomic E-state index is 0.834. The fourth-order valence-electron chi connectivity index (χ4n) is 2.44. The molecule has 0 bridgehead atoms. The molecule has 2 aromatic rings. The number of anilines is 1. The lowest BCUT2D eigenvalue weighted by Crippen LogP contribution is -2.31. The SMILES string of the molecule is Cc1cc2nnc(C)n2nc1N1CCCCC1. The van der Waals surface area contributed by atoms with Gasteiger partial charge in [-0.2, -0.15) is 4.52 Å². The standard InChI is InChI=1S/C12H17N5/c1-9-8-11-14-13-10(2)17(11)15-12(9)16-6-4-3-5-7-16/h8H,3-7H2,1-2H3. The van der Waals surface area contributed by atoms with Crippen molar-refractivity contribution in [2.24, 2.45) is 0 Å². The molecule has 3 heterocycles. The van der Waals surface area contributed by atoms with Crippen LogP contribution in [0.3, 0.4) is 0 Å². The van der Waals surface area contributed by atoms with Crippen molar-refractivity contribution in [2.45, 2.75) is 33.1 Å². The Morgan fingerprint density at radius 3 is 2.59 bits per heavy atom. The number of piperidine rings is 1. The van der Waals surface area contributed by atoms with Crippen molar-refractivity contribution in [1.82, 2.24) is 19.8 Å². The molecule has 0 radical (unpaired) electrons. The van der Waals surface area contributed by atoms with Gasteiger partial charge in [0, 0.05) is 13.1 Å². The van der Waals surface area contributed by atoms with Gasteiger partial charge in [0.05, 0.1) is 0 Å². The molecule has 0 aliphatic carbocycles. The van der Waals surface area contributed by atoms with Crippen LogP contribution in [-0.4, -0.2) is 32.9 Å². The summed E-state index contributed by atoms with van der Waals surface area (Å²) in [4.78, 5) is 2.37. The summed E-state index contributed by atoms with van der Waals surface area (Å²) >= 11 is 0. The maximum Gasteiger partial charge on any atom is 0.178 e. The summed E-state index contributed by atoms with van der Waals surface area (Å²) in [5.74, 6) is 1.93. The van der Waals surface area contributed by atoms with Crippen molar-refractivity contribution in [2.75, 3.05) is 18.0 Å². The molecule has 1 saturated heterocycles. The van der Waals surface area contributed by atoms with Crippen LogP contribution in [0.25, 0.3) is 5.65 Å². The van der Waals surface area contributed by atoms with Crippen LogP contribution in [0, 0.1) is 13.8 Å². The maximum absolute atomic E-state index is 4.68. The van der Waals surface area contributed by atoms with E-state index in [9.17, 15) is 0 Å². The van der Waals surface area contributed by atoms with Gasteiger partial charge in [-0.1, -0.05) is 0 Å². The highest BCUT2D eigenvalue weighted by Gasteiger charge is 2.16. The van der Waals surface area contributed by atoms with E-state index in [1.165, 1.54) is 24.8 Å². The highest BCUT2D eigenvalue weighted by atomic mass is 15.4. The minimum Gasteiger partial charge on any atom is -0.355 e. The van der Waals surface area contributed by atoms with Crippen molar-refractivity contribution in [3.8, 4) is 0 Å². The third-order valence-electron chi connectivity index (χ3n) is 3.37. The van der Waals surface area contributed by atoms with Gasteiger partial charge in [0.2, 0.25) is 0 Å². The molecule has 0 aromatic carbocycles. The first-order valence-electron chi connectivity index (χ1n) is 6.20. The Hall–Kier alpha value is -1.65. The van der Waals surface area contributed by atoms with Crippen LogP contribution >= 0.6 is 0 Å². The molecule has 1 aliphatic heterocycles. The Balaban J connectivity index is 2.07. The fourth-order valence-corrected chi connectivity index (χ4v) is 2.44. The fraction of sp³-hybridized carbons (Fsp3) is 0.583. The molecule has 0 spiro atoms. The van der Waals surface area contributed by atoms with Crippen LogP contribution in [0.4, 0.5) is 5.82 Å². The van der Waals surface area contributed by atoms with Crippen LogP contribution in [0.5, 0.6) is 0 Å². The number of aryl methyl sites for hydroxylation is 2. The third-order valence-corrected chi connectivity index (χ3v) is 3.37. The minimum absolute atomic E-state index is 0.834. The van der Waals surface area contributed by atoms with Gasteiger partial charge < -0.3 is 4.90 Å². The van der Waals surface area contributed by atoms with Crippen LogP contribution in [0.1, 0.15) is 30.7 Å². The second-order valence-corrected chi connectivity index (χ2v) is 4.72. The second kappa shape index (κ2) is 3.98. The molecule has 17 heavy (non-hydrogen) atoms. The first-order valence-corrected chi connectivity index (χ1v) is 6.20. The summed E-state index contributed by atoms with van der Waals surface area (Å²) in [7, 11) is 0. The van der Waals surface area contributed by atoms with Gasteiger partial charge in [0.1, 0.15) is 0 Å². The number of fused-ring (bicyclic) bond motifs is 1. The number of nitrogens with zero attached hydrogens (tertiary/aromatic N) is 5. The van der Waals surface area contributed by atoms with Crippen LogP contribution < -0.4 is 4.90 Å². The zero-order valence-electron chi connectivity index (χ0n) is 10.3. The molecule has 1 aliphatic rings.